The van der Waals surface area contributed by atoms with Crippen molar-refractivity contribution in [3.8, 4) is 0 Å². The first-order chi connectivity index (χ1) is 17.3. The molecule has 0 aliphatic heterocycles. The van der Waals surface area contributed by atoms with Crippen LogP contribution in [0.4, 0.5) is 0 Å². The highest BCUT2D eigenvalue weighted by molar-refractivity contribution is 5.88. The number of aryl methyl sites for hydroxylation is 1. The summed E-state index contributed by atoms with van der Waals surface area (Å²) in [5, 5.41) is 7.86. The SMILES string of the molecule is CC(NC(=O)CNC(=O)CCc1ccccc1)C(=O)OCc1ccccc1.CCCCNC(=O)CC. The van der Waals surface area contributed by atoms with Crippen molar-refractivity contribution in [3.05, 3.63) is 71.8 Å². The van der Waals surface area contributed by atoms with Gasteiger partial charge in [0.1, 0.15) is 12.6 Å². The molecule has 2 aromatic carbocycles. The van der Waals surface area contributed by atoms with Crippen LogP contribution >= 0.6 is 0 Å². The van der Waals surface area contributed by atoms with Crippen LogP contribution in [0.3, 0.4) is 0 Å². The van der Waals surface area contributed by atoms with Gasteiger partial charge in [-0.15, -0.1) is 0 Å². The van der Waals surface area contributed by atoms with Crippen molar-refractivity contribution in [2.24, 2.45) is 0 Å². The Balaban J connectivity index is 0.000000613. The third kappa shape index (κ3) is 14.6. The molecule has 0 aliphatic rings. The highest BCUT2D eigenvalue weighted by atomic mass is 16.5. The predicted octanol–water partition coefficient (Wildman–Crippen LogP) is 3.30. The van der Waals surface area contributed by atoms with Crippen LogP contribution in [-0.2, 0) is 36.9 Å². The lowest BCUT2D eigenvalue weighted by atomic mass is 10.1. The van der Waals surface area contributed by atoms with E-state index in [1.807, 2.05) is 67.6 Å². The van der Waals surface area contributed by atoms with Crippen LogP contribution in [0.25, 0.3) is 0 Å². The molecule has 0 radical (unpaired) electrons. The number of ether oxygens (including phenoxy) is 1. The average Bonchev–Trinajstić information content (AvgIpc) is 2.90. The largest absolute Gasteiger partial charge is 0.459 e. The van der Waals surface area contributed by atoms with E-state index in [1.54, 1.807) is 6.92 Å². The number of rotatable bonds is 13. The van der Waals surface area contributed by atoms with Gasteiger partial charge in [0.05, 0.1) is 6.54 Å². The summed E-state index contributed by atoms with van der Waals surface area (Å²) in [5.74, 6) is -1.02. The van der Waals surface area contributed by atoms with Gasteiger partial charge in [-0.25, -0.2) is 4.79 Å². The normalized spacial score (nSPS) is 10.8. The van der Waals surface area contributed by atoms with Crippen molar-refractivity contribution in [1.82, 2.24) is 16.0 Å². The minimum Gasteiger partial charge on any atom is -0.459 e. The maximum Gasteiger partial charge on any atom is 0.328 e. The van der Waals surface area contributed by atoms with E-state index in [4.69, 9.17) is 4.74 Å². The van der Waals surface area contributed by atoms with Gasteiger partial charge in [-0.2, -0.15) is 0 Å². The van der Waals surface area contributed by atoms with Crippen LogP contribution in [0.15, 0.2) is 60.7 Å². The third-order valence-electron chi connectivity index (χ3n) is 5.06. The molecule has 3 amide bonds. The van der Waals surface area contributed by atoms with E-state index in [0.29, 0.717) is 19.3 Å². The molecule has 0 fully saturated rings. The standard InChI is InChI=1S/C21H24N2O4.C7H15NO/c1-16(21(26)27-15-18-10-6-3-7-11-18)23-20(25)14-22-19(24)13-12-17-8-4-2-5-9-17;1-3-5-6-8-7(9)4-2/h2-11,16H,12-15H2,1H3,(H,22,24)(H,23,25);3-6H2,1-2H3,(H,8,9). The highest BCUT2D eigenvalue weighted by Gasteiger charge is 2.17. The molecule has 0 aliphatic carbocycles. The molecule has 0 bridgehead atoms. The zero-order valence-electron chi connectivity index (χ0n) is 21.5. The first-order valence-corrected chi connectivity index (χ1v) is 12.4. The Labute approximate surface area is 214 Å². The van der Waals surface area contributed by atoms with E-state index in [0.717, 1.165) is 30.5 Å². The van der Waals surface area contributed by atoms with Gasteiger partial charge in [0, 0.05) is 19.4 Å². The molecular weight excluding hydrogens is 458 g/mol. The van der Waals surface area contributed by atoms with Crippen LogP contribution in [0.5, 0.6) is 0 Å². The number of esters is 1. The number of nitrogens with one attached hydrogen (secondary N) is 3. The molecule has 8 nitrogen and oxygen atoms in total. The summed E-state index contributed by atoms with van der Waals surface area (Å²) < 4.78 is 5.16. The molecule has 0 aromatic heterocycles. The molecule has 1 atom stereocenters. The zero-order chi connectivity index (χ0) is 26.6. The smallest absolute Gasteiger partial charge is 0.328 e. The van der Waals surface area contributed by atoms with Crippen molar-refractivity contribution in [1.29, 1.82) is 0 Å². The summed E-state index contributed by atoms with van der Waals surface area (Å²) >= 11 is 0. The summed E-state index contributed by atoms with van der Waals surface area (Å²) in [6.07, 6.45) is 3.74. The minimum absolute atomic E-state index is 0.149. The van der Waals surface area contributed by atoms with Crippen LogP contribution in [0.2, 0.25) is 0 Å². The fourth-order valence-corrected chi connectivity index (χ4v) is 2.90. The zero-order valence-corrected chi connectivity index (χ0v) is 21.5. The maximum absolute atomic E-state index is 11.9. The third-order valence-corrected chi connectivity index (χ3v) is 5.06. The molecule has 2 aromatic rings. The molecule has 0 saturated carbocycles. The molecule has 36 heavy (non-hydrogen) atoms. The van der Waals surface area contributed by atoms with Crippen LogP contribution in [0.1, 0.15) is 57.6 Å². The molecule has 0 saturated heterocycles. The van der Waals surface area contributed by atoms with Gasteiger partial charge in [0.2, 0.25) is 17.7 Å². The van der Waals surface area contributed by atoms with Gasteiger partial charge in [-0.1, -0.05) is 80.9 Å². The average molecular weight is 498 g/mol. The summed E-state index contributed by atoms with van der Waals surface area (Å²) in [5.41, 5.74) is 1.93. The topological polar surface area (TPSA) is 114 Å². The second-order valence-corrected chi connectivity index (χ2v) is 8.20. The summed E-state index contributed by atoms with van der Waals surface area (Å²) in [6.45, 7) is 6.32. The Morgan fingerprint density at radius 2 is 1.42 bits per heavy atom. The Bertz CT molecular complexity index is 919. The molecule has 8 heteroatoms. The Morgan fingerprint density at radius 1 is 0.806 bits per heavy atom. The number of carbonyl (C=O) groups excluding carboxylic acids is 4. The molecule has 196 valence electrons. The van der Waals surface area contributed by atoms with Gasteiger partial charge >= 0.3 is 5.97 Å². The Kier molecular flexibility index (Phi) is 15.7. The molecule has 0 spiro atoms. The number of hydrogen-bond acceptors (Lipinski definition) is 5. The van der Waals surface area contributed by atoms with Crippen molar-refractivity contribution in [2.75, 3.05) is 13.1 Å². The first kappa shape index (κ1) is 30.4. The number of carbonyl (C=O) groups is 4. The fourth-order valence-electron chi connectivity index (χ4n) is 2.90. The predicted molar refractivity (Wildman–Crippen MR) is 140 cm³/mol. The monoisotopic (exact) mass is 497 g/mol. The number of unbranched alkanes of at least 4 members (excludes halogenated alkanes) is 1. The lowest BCUT2D eigenvalue weighted by Crippen LogP contribution is -2.44. The molecule has 2 rings (SSSR count). The van der Waals surface area contributed by atoms with Gasteiger partial charge in [0.15, 0.2) is 0 Å². The lowest BCUT2D eigenvalue weighted by molar-refractivity contribution is -0.148. The lowest BCUT2D eigenvalue weighted by Gasteiger charge is -2.14. The second-order valence-electron chi connectivity index (χ2n) is 8.20. The number of amides is 3. The van der Waals surface area contributed by atoms with Crippen molar-refractivity contribution >= 4 is 23.7 Å². The van der Waals surface area contributed by atoms with E-state index in [2.05, 4.69) is 22.9 Å². The van der Waals surface area contributed by atoms with Crippen molar-refractivity contribution in [2.45, 2.75) is 65.5 Å². The summed E-state index contributed by atoms with van der Waals surface area (Å²) in [6, 6.07) is 18.1. The van der Waals surface area contributed by atoms with Gasteiger partial charge in [0.25, 0.3) is 0 Å². The summed E-state index contributed by atoms with van der Waals surface area (Å²) in [4.78, 5) is 46.2. The maximum atomic E-state index is 11.9. The molecular formula is C28H39N3O5. The molecule has 1 unspecified atom stereocenters. The van der Waals surface area contributed by atoms with Crippen LogP contribution in [0, 0.1) is 0 Å². The number of benzene rings is 2. The van der Waals surface area contributed by atoms with E-state index >= 15 is 0 Å². The van der Waals surface area contributed by atoms with Crippen LogP contribution < -0.4 is 16.0 Å². The molecule has 3 N–H and O–H groups in total. The second kappa shape index (κ2) is 18.6. The van der Waals surface area contributed by atoms with E-state index in [-0.39, 0.29) is 25.0 Å². The minimum atomic E-state index is -0.789. The van der Waals surface area contributed by atoms with E-state index in [1.165, 1.54) is 0 Å². The molecule has 0 heterocycles. The van der Waals surface area contributed by atoms with E-state index in [9.17, 15) is 19.2 Å². The van der Waals surface area contributed by atoms with Gasteiger partial charge < -0.3 is 20.7 Å². The van der Waals surface area contributed by atoms with Crippen LogP contribution in [-0.4, -0.2) is 42.8 Å². The first-order valence-electron chi connectivity index (χ1n) is 12.4. The van der Waals surface area contributed by atoms with Gasteiger partial charge in [-0.3, -0.25) is 14.4 Å². The van der Waals surface area contributed by atoms with Gasteiger partial charge in [-0.05, 0) is 30.9 Å². The van der Waals surface area contributed by atoms with Crippen molar-refractivity contribution in [3.63, 3.8) is 0 Å². The quantitative estimate of drug-likeness (QED) is 0.290. The number of hydrogen-bond donors (Lipinski definition) is 3. The summed E-state index contributed by atoms with van der Waals surface area (Å²) in [7, 11) is 0. The Morgan fingerprint density at radius 3 is 2.00 bits per heavy atom. The fraction of sp³-hybridized carbons (Fsp3) is 0.429. The van der Waals surface area contributed by atoms with Crippen molar-refractivity contribution < 1.29 is 23.9 Å². The highest BCUT2D eigenvalue weighted by Crippen LogP contribution is 2.03. The van der Waals surface area contributed by atoms with E-state index < -0.39 is 17.9 Å². The Hall–Kier alpha value is -3.68.